The molecule has 1 aromatic rings. The van der Waals surface area contributed by atoms with E-state index < -0.39 is 6.04 Å². The Balaban J connectivity index is 2.63. The highest BCUT2D eigenvalue weighted by atomic mass is 79.9. The van der Waals surface area contributed by atoms with Gasteiger partial charge in [-0.2, -0.15) is 0 Å². The zero-order valence-corrected chi connectivity index (χ0v) is 12.8. The molecule has 1 atom stereocenters. The highest BCUT2D eigenvalue weighted by Crippen LogP contribution is 2.16. The molecule has 0 aliphatic heterocycles. The first-order valence-corrected chi connectivity index (χ1v) is 6.89. The van der Waals surface area contributed by atoms with E-state index in [1.165, 1.54) is 0 Å². The minimum atomic E-state index is -0.644. The van der Waals surface area contributed by atoms with Crippen LogP contribution in [0.4, 0.5) is 0 Å². The molecule has 0 aromatic heterocycles. The zero-order chi connectivity index (χ0) is 14.5. The van der Waals surface area contributed by atoms with Crippen LogP contribution in [0, 0.1) is 12.3 Å². The van der Waals surface area contributed by atoms with Gasteiger partial charge in [0.1, 0.15) is 0 Å². The van der Waals surface area contributed by atoms with E-state index in [0.717, 1.165) is 16.5 Å². The summed E-state index contributed by atoms with van der Waals surface area (Å²) in [5.41, 5.74) is 6.48. The highest BCUT2D eigenvalue weighted by molar-refractivity contribution is 9.10. The average Bonchev–Trinajstić information content (AvgIpc) is 2.31. The maximum Gasteiger partial charge on any atom is 0.238 e. The number of hydrogen-bond donors (Lipinski definition) is 2. The summed E-state index contributed by atoms with van der Waals surface area (Å²) in [7, 11) is 0. The second-order valence-electron chi connectivity index (χ2n) is 5.19. The molecule has 0 heterocycles. The van der Waals surface area contributed by atoms with Crippen LogP contribution in [-0.4, -0.2) is 17.5 Å². The molecule has 0 radical (unpaired) electrons. The molecule has 1 rings (SSSR count). The number of terminal acetylenes is 1. The second-order valence-corrected chi connectivity index (χ2v) is 6.11. The van der Waals surface area contributed by atoms with Crippen molar-refractivity contribution in [2.24, 2.45) is 5.73 Å². The van der Waals surface area contributed by atoms with Crippen LogP contribution in [0.1, 0.15) is 25.8 Å². The van der Waals surface area contributed by atoms with Gasteiger partial charge < -0.3 is 11.1 Å². The van der Waals surface area contributed by atoms with Gasteiger partial charge in [-0.3, -0.25) is 4.79 Å². The standard InChI is InChI=1S/C15H19BrN2O/c1-4-5-13(17)14(19)18-15(2,3)10-11-6-8-12(16)9-7-11/h1,6-9,13H,5,10,17H2,2-3H3,(H,18,19)/t13-/m0/s1. The molecule has 19 heavy (non-hydrogen) atoms. The van der Waals surface area contributed by atoms with Gasteiger partial charge in [0.25, 0.3) is 0 Å². The van der Waals surface area contributed by atoms with Crippen LogP contribution >= 0.6 is 15.9 Å². The van der Waals surface area contributed by atoms with E-state index in [1.807, 2.05) is 38.1 Å². The van der Waals surface area contributed by atoms with Crippen molar-refractivity contribution in [2.75, 3.05) is 0 Å². The lowest BCUT2D eigenvalue weighted by atomic mass is 9.94. The Morgan fingerprint density at radius 2 is 2.05 bits per heavy atom. The molecule has 3 nitrogen and oxygen atoms in total. The lowest BCUT2D eigenvalue weighted by molar-refractivity contribution is -0.123. The van der Waals surface area contributed by atoms with Crippen molar-refractivity contribution in [2.45, 2.75) is 38.3 Å². The summed E-state index contributed by atoms with van der Waals surface area (Å²) in [6.07, 6.45) is 6.14. The fourth-order valence-corrected chi connectivity index (χ4v) is 2.07. The highest BCUT2D eigenvalue weighted by Gasteiger charge is 2.23. The molecule has 1 amide bonds. The monoisotopic (exact) mass is 322 g/mol. The van der Waals surface area contributed by atoms with Crippen molar-refractivity contribution in [3.05, 3.63) is 34.3 Å². The summed E-state index contributed by atoms with van der Waals surface area (Å²) in [6, 6.07) is 7.38. The molecule has 102 valence electrons. The first kappa shape index (κ1) is 15.7. The van der Waals surface area contributed by atoms with Crippen molar-refractivity contribution in [3.8, 4) is 12.3 Å². The van der Waals surface area contributed by atoms with Crippen LogP contribution in [0.2, 0.25) is 0 Å². The smallest absolute Gasteiger partial charge is 0.238 e. The minimum Gasteiger partial charge on any atom is -0.350 e. The molecule has 0 aliphatic rings. The number of nitrogens with one attached hydrogen (secondary N) is 1. The molecule has 0 fully saturated rings. The van der Waals surface area contributed by atoms with Crippen LogP contribution in [-0.2, 0) is 11.2 Å². The van der Waals surface area contributed by atoms with E-state index in [-0.39, 0.29) is 17.9 Å². The number of hydrogen-bond acceptors (Lipinski definition) is 2. The summed E-state index contributed by atoms with van der Waals surface area (Å²) >= 11 is 3.40. The van der Waals surface area contributed by atoms with Gasteiger partial charge in [0.15, 0.2) is 0 Å². The Kier molecular flexibility index (Phi) is 5.59. The third-order valence-electron chi connectivity index (χ3n) is 2.70. The van der Waals surface area contributed by atoms with E-state index in [0.29, 0.717) is 0 Å². The van der Waals surface area contributed by atoms with E-state index >= 15 is 0 Å². The predicted octanol–water partition coefficient (Wildman–Crippen LogP) is 2.24. The molecule has 4 heteroatoms. The number of carbonyl (C=O) groups is 1. The van der Waals surface area contributed by atoms with Gasteiger partial charge in [-0.15, -0.1) is 12.3 Å². The minimum absolute atomic E-state index is 0.208. The summed E-state index contributed by atoms with van der Waals surface area (Å²) < 4.78 is 1.04. The maximum atomic E-state index is 11.9. The van der Waals surface area contributed by atoms with Crippen molar-refractivity contribution in [1.29, 1.82) is 0 Å². The Labute approximate surface area is 123 Å². The summed E-state index contributed by atoms with van der Waals surface area (Å²) in [6.45, 7) is 3.94. The number of amides is 1. The third kappa shape index (κ3) is 5.46. The van der Waals surface area contributed by atoms with Crippen LogP contribution in [0.25, 0.3) is 0 Å². The SMILES string of the molecule is C#CC[C@H](N)C(=O)NC(C)(C)Cc1ccc(Br)cc1. The molecule has 3 N–H and O–H groups in total. The molecule has 0 unspecified atom stereocenters. The van der Waals surface area contributed by atoms with Crippen molar-refractivity contribution >= 4 is 21.8 Å². The molecular weight excluding hydrogens is 304 g/mol. The van der Waals surface area contributed by atoms with E-state index in [4.69, 9.17) is 12.2 Å². The fourth-order valence-electron chi connectivity index (χ4n) is 1.80. The van der Waals surface area contributed by atoms with Crippen molar-refractivity contribution < 1.29 is 4.79 Å². The average molecular weight is 323 g/mol. The number of carbonyl (C=O) groups excluding carboxylic acids is 1. The summed E-state index contributed by atoms with van der Waals surface area (Å²) in [5.74, 6) is 2.19. The molecule has 0 aliphatic carbocycles. The summed E-state index contributed by atoms with van der Waals surface area (Å²) in [5, 5.41) is 2.93. The van der Waals surface area contributed by atoms with Gasteiger partial charge >= 0.3 is 0 Å². The molecule has 0 spiro atoms. The maximum absolute atomic E-state index is 11.9. The van der Waals surface area contributed by atoms with E-state index in [9.17, 15) is 4.79 Å². The number of rotatable bonds is 5. The zero-order valence-electron chi connectivity index (χ0n) is 11.2. The largest absolute Gasteiger partial charge is 0.350 e. The van der Waals surface area contributed by atoms with Gasteiger partial charge in [0.05, 0.1) is 6.04 Å². The Morgan fingerprint density at radius 3 is 2.58 bits per heavy atom. The third-order valence-corrected chi connectivity index (χ3v) is 3.22. The predicted molar refractivity (Wildman–Crippen MR) is 81.5 cm³/mol. The second kappa shape index (κ2) is 6.74. The Bertz CT molecular complexity index is 474. The normalized spacial score (nSPS) is 12.6. The number of halogens is 1. The van der Waals surface area contributed by atoms with Gasteiger partial charge in [-0.25, -0.2) is 0 Å². The molecule has 1 aromatic carbocycles. The topological polar surface area (TPSA) is 55.1 Å². The molecule has 0 saturated heterocycles. The fraction of sp³-hybridized carbons (Fsp3) is 0.400. The van der Waals surface area contributed by atoms with Gasteiger partial charge in [-0.1, -0.05) is 28.1 Å². The van der Waals surface area contributed by atoms with E-state index in [2.05, 4.69) is 27.2 Å². The van der Waals surface area contributed by atoms with Crippen LogP contribution < -0.4 is 11.1 Å². The molecular formula is C15H19BrN2O. The van der Waals surface area contributed by atoms with Gasteiger partial charge in [0, 0.05) is 16.4 Å². The number of nitrogens with two attached hydrogens (primary N) is 1. The van der Waals surface area contributed by atoms with Crippen LogP contribution in [0.5, 0.6) is 0 Å². The van der Waals surface area contributed by atoms with Crippen molar-refractivity contribution in [1.82, 2.24) is 5.32 Å². The Morgan fingerprint density at radius 1 is 1.47 bits per heavy atom. The quantitative estimate of drug-likeness (QED) is 0.817. The van der Waals surface area contributed by atoms with E-state index in [1.54, 1.807) is 0 Å². The number of benzene rings is 1. The van der Waals surface area contributed by atoms with Gasteiger partial charge in [-0.05, 0) is 38.0 Å². The van der Waals surface area contributed by atoms with Crippen molar-refractivity contribution in [3.63, 3.8) is 0 Å². The lowest BCUT2D eigenvalue weighted by Crippen LogP contribution is -2.51. The Hall–Kier alpha value is -1.31. The lowest BCUT2D eigenvalue weighted by Gasteiger charge is -2.27. The molecule has 0 saturated carbocycles. The first-order chi connectivity index (χ1) is 8.84. The summed E-state index contributed by atoms with van der Waals surface area (Å²) in [4.78, 5) is 11.9. The molecule has 0 bridgehead atoms. The first-order valence-electron chi connectivity index (χ1n) is 6.09. The van der Waals surface area contributed by atoms with Crippen LogP contribution in [0.15, 0.2) is 28.7 Å². The van der Waals surface area contributed by atoms with Crippen LogP contribution in [0.3, 0.4) is 0 Å². The van der Waals surface area contributed by atoms with Gasteiger partial charge in [0.2, 0.25) is 5.91 Å².